The lowest BCUT2D eigenvalue weighted by Crippen LogP contribution is -1.91. The van der Waals surface area contributed by atoms with Crippen LogP contribution in [0, 0.1) is 10.1 Å². The molecule has 0 spiro atoms. The number of hydrogen-bond acceptors (Lipinski definition) is 6. The van der Waals surface area contributed by atoms with Crippen molar-refractivity contribution in [3.63, 3.8) is 0 Å². The summed E-state index contributed by atoms with van der Waals surface area (Å²) in [4.78, 5) is 10.3. The zero-order chi connectivity index (χ0) is 11.5. The van der Waals surface area contributed by atoms with Crippen LogP contribution in [0.1, 0.15) is 0 Å². The fourth-order valence-corrected chi connectivity index (χ4v) is 1.25. The van der Waals surface area contributed by atoms with E-state index < -0.39 is 4.92 Å². The van der Waals surface area contributed by atoms with Crippen LogP contribution in [0.15, 0.2) is 28.7 Å². The van der Waals surface area contributed by atoms with Crippen molar-refractivity contribution in [2.75, 3.05) is 12.4 Å². The van der Waals surface area contributed by atoms with Gasteiger partial charge in [0.2, 0.25) is 0 Å². The number of aromatic nitrogens is 2. The van der Waals surface area contributed by atoms with E-state index in [1.54, 1.807) is 25.2 Å². The molecule has 0 saturated heterocycles. The quantitative estimate of drug-likeness (QED) is 0.624. The van der Waals surface area contributed by atoms with Crippen LogP contribution in [0.2, 0.25) is 0 Å². The van der Waals surface area contributed by atoms with Crippen LogP contribution in [-0.2, 0) is 0 Å². The number of rotatable bonds is 3. The molecule has 0 aliphatic rings. The Morgan fingerprint density at radius 1 is 1.38 bits per heavy atom. The van der Waals surface area contributed by atoms with E-state index in [0.29, 0.717) is 5.56 Å². The summed E-state index contributed by atoms with van der Waals surface area (Å²) in [5.41, 5.74) is 0.246. The molecule has 7 nitrogen and oxygen atoms in total. The minimum absolute atomic E-state index is 0.0613. The van der Waals surface area contributed by atoms with Gasteiger partial charge in [-0.05, 0) is 6.07 Å². The van der Waals surface area contributed by atoms with Gasteiger partial charge in [0.25, 0.3) is 11.6 Å². The topological polar surface area (TPSA) is 94.1 Å². The third-order valence-corrected chi connectivity index (χ3v) is 1.97. The van der Waals surface area contributed by atoms with Gasteiger partial charge in [-0.2, -0.15) is 0 Å². The molecule has 0 fully saturated rings. The average Bonchev–Trinajstić information content (AvgIpc) is 2.77. The Kier molecular flexibility index (Phi) is 2.50. The Balaban J connectivity index is 2.50. The Labute approximate surface area is 90.3 Å². The number of anilines is 1. The minimum atomic E-state index is -0.488. The van der Waals surface area contributed by atoms with Gasteiger partial charge < -0.3 is 9.73 Å². The first kappa shape index (κ1) is 10.1. The smallest absolute Gasteiger partial charge is 0.315 e. The van der Waals surface area contributed by atoms with Crippen molar-refractivity contribution in [2.24, 2.45) is 0 Å². The summed E-state index contributed by atoms with van der Waals surface area (Å²) in [5.74, 6) is 0.122. The van der Waals surface area contributed by atoms with Crippen molar-refractivity contribution in [2.45, 2.75) is 0 Å². The number of nitro groups is 1. The van der Waals surface area contributed by atoms with Crippen molar-refractivity contribution in [3.8, 4) is 11.5 Å². The molecule has 0 amide bonds. The van der Waals surface area contributed by atoms with Crippen LogP contribution in [0.3, 0.4) is 0 Å². The maximum Gasteiger partial charge on any atom is 0.315 e. The molecule has 1 aromatic heterocycles. The van der Waals surface area contributed by atoms with Crippen LogP contribution in [-0.4, -0.2) is 22.2 Å². The number of nitrogens with one attached hydrogen (secondary N) is 1. The predicted octanol–water partition coefficient (Wildman–Crippen LogP) is 1.69. The molecule has 0 bridgehead atoms. The molecule has 1 aromatic carbocycles. The van der Waals surface area contributed by atoms with E-state index in [9.17, 15) is 10.1 Å². The number of benzene rings is 1. The Hall–Kier alpha value is -2.44. The molecule has 7 heteroatoms. The summed E-state index contributed by atoms with van der Waals surface area (Å²) in [6.45, 7) is 0. The third kappa shape index (κ3) is 1.70. The number of nitro benzene ring substituents is 1. The highest BCUT2D eigenvalue weighted by Gasteiger charge is 2.18. The highest BCUT2D eigenvalue weighted by atomic mass is 16.6. The molecule has 1 N–H and O–H groups in total. The maximum atomic E-state index is 10.8. The van der Waals surface area contributed by atoms with Gasteiger partial charge in [0.15, 0.2) is 0 Å². The van der Waals surface area contributed by atoms with Crippen LogP contribution in [0.25, 0.3) is 11.5 Å². The lowest BCUT2D eigenvalue weighted by molar-refractivity contribution is -0.384. The molecule has 82 valence electrons. The molecule has 0 atom stereocenters. The van der Waals surface area contributed by atoms with Gasteiger partial charge in [-0.3, -0.25) is 10.1 Å². The van der Waals surface area contributed by atoms with Crippen LogP contribution < -0.4 is 5.32 Å². The first-order valence-electron chi connectivity index (χ1n) is 4.47. The molecular formula is C9H8N4O3. The summed E-state index contributed by atoms with van der Waals surface area (Å²) >= 11 is 0. The lowest BCUT2D eigenvalue weighted by Gasteiger charge is -1.96. The van der Waals surface area contributed by atoms with E-state index >= 15 is 0 Å². The zero-order valence-corrected chi connectivity index (χ0v) is 8.38. The number of para-hydroxylation sites is 1. The largest absolute Gasteiger partial charge is 0.403 e. The van der Waals surface area contributed by atoms with Gasteiger partial charge in [-0.1, -0.05) is 17.2 Å². The Morgan fingerprint density at radius 2 is 2.12 bits per heavy atom. The number of hydrogen-bond donors (Lipinski definition) is 1. The molecular weight excluding hydrogens is 212 g/mol. The second-order valence-electron chi connectivity index (χ2n) is 2.94. The normalized spacial score (nSPS) is 10.1. The third-order valence-electron chi connectivity index (χ3n) is 1.97. The van der Waals surface area contributed by atoms with Gasteiger partial charge >= 0.3 is 6.01 Å². The first-order chi connectivity index (χ1) is 7.72. The van der Waals surface area contributed by atoms with Gasteiger partial charge in [0, 0.05) is 13.1 Å². The van der Waals surface area contributed by atoms with Crippen molar-refractivity contribution in [1.29, 1.82) is 0 Å². The van der Waals surface area contributed by atoms with Gasteiger partial charge in [-0.15, -0.1) is 5.10 Å². The summed E-state index contributed by atoms with van der Waals surface area (Å²) < 4.78 is 5.17. The average molecular weight is 220 g/mol. The van der Waals surface area contributed by atoms with E-state index in [4.69, 9.17) is 4.42 Å². The van der Waals surface area contributed by atoms with Crippen LogP contribution >= 0.6 is 0 Å². The summed E-state index contributed by atoms with van der Waals surface area (Å²) in [6, 6.07) is 6.42. The van der Waals surface area contributed by atoms with Gasteiger partial charge in [0.1, 0.15) is 5.56 Å². The van der Waals surface area contributed by atoms with E-state index in [1.165, 1.54) is 6.07 Å². The summed E-state index contributed by atoms with van der Waals surface area (Å²) in [5, 5.41) is 20.8. The van der Waals surface area contributed by atoms with E-state index in [-0.39, 0.29) is 17.6 Å². The lowest BCUT2D eigenvalue weighted by atomic mass is 10.2. The van der Waals surface area contributed by atoms with Crippen LogP contribution in [0.5, 0.6) is 0 Å². The van der Waals surface area contributed by atoms with Crippen molar-refractivity contribution < 1.29 is 9.34 Å². The molecule has 2 rings (SSSR count). The standard InChI is InChI=1S/C9H8N4O3/c1-10-9-12-11-8(16-9)6-4-2-3-5-7(6)13(14)15/h2-5H,1H3,(H,10,12). The maximum absolute atomic E-state index is 10.8. The molecule has 0 aliphatic heterocycles. The predicted molar refractivity (Wildman–Crippen MR) is 55.9 cm³/mol. The van der Waals surface area contributed by atoms with E-state index in [0.717, 1.165) is 0 Å². The highest BCUT2D eigenvalue weighted by Crippen LogP contribution is 2.28. The monoisotopic (exact) mass is 220 g/mol. The molecule has 0 saturated carbocycles. The fraction of sp³-hybridized carbons (Fsp3) is 0.111. The molecule has 0 aliphatic carbocycles. The second kappa shape index (κ2) is 3.97. The Bertz CT molecular complexity index is 523. The number of nitrogens with zero attached hydrogens (tertiary/aromatic N) is 3. The van der Waals surface area contributed by atoms with Crippen molar-refractivity contribution >= 4 is 11.7 Å². The minimum Gasteiger partial charge on any atom is -0.403 e. The first-order valence-corrected chi connectivity index (χ1v) is 4.47. The summed E-state index contributed by atoms with van der Waals surface area (Å²) in [6.07, 6.45) is 0. The molecule has 0 unspecified atom stereocenters. The SMILES string of the molecule is CNc1nnc(-c2ccccc2[N+](=O)[O-])o1. The molecule has 2 aromatic rings. The second-order valence-corrected chi connectivity index (χ2v) is 2.94. The molecule has 1 heterocycles. The van der Waals surface area contributed by atoms with Crippen molar-refractivity contribution in [3.05, 3.63) is 34.4 Å². The summed E-state index contributed by atoms with van der Waals surface area (Å²) in [7, 11) is 1.62. The van der Waals surface area contributed by atoms with Gasteiger partial charge in [0.05, 0.1) is 4.92 Å². The highest BCUT2D eigenvalue weighted by molar-refractivity contribution is 5.66. The Morgan fingerprint density at radius 3 is 2.75 bits per heavy atom. The zero-order valence-electron chi connectivity index (χ0n) is 8.38. The van der Waals surface area contributed by atoms with E-state index in [1.807, 2.05) is 0 Å². The molecule has 0 radical (unpaired) electrons. The molecule has 16 heavy (non-hydrogen) atoms. The van der Waals surface area contributed by atoms with Crippen LogP contribution in [0.4, 0.5) is 11.7 Å². The van der Waals surface area contributed by atoms with Crippen molar-refractivity contribution in [1.82, 2.24) is 10.2 Å². The van der Waals surface area contributed by atoms with E-state index in [2.05, 4.69) is 15.5 Å². The van der Waals surface area contributed by atoms with Gasteiger partial charge in [-0.25, -0.2) is 0 Å². The fourth-order valence-electron chi connectivity index (χ4n) is 1.25.